The normalized spacial score (nSPS) is 21.3. The molecule has 2 unspecified atom stereocenters. The van der Waals surface area contributed by atoms with Crippen molar-refractivity contribution in [1.82, 2.24) is 14.9 Å². The Hall–Kier alpha value is -2.45. The summed E-state index contributed by atoms with van der Waals surface area (Å²) in [4.78, 5) is 22.9. The zero-order valence-corrected chi connectivity index (χ0v) is 16.6. The number of aromatic nitrogens is 2. The maximum atomic E-state index is 13.5. The van der Waals surface area contributed by atoms with E-state index in [-0.39, 0.29) is 23.3 Å². The van der Waals surface area contributed by atoms with E-state index in [2.05, 4.69) is 9.97 Å². The van der Waals surface area contributed by atoms with Gasteiger partial charge in [0.25, 0.3) is 0 Å². The van der Waals surface area contributed by atoms with Gasteiger partial charge in [-0.25, -0.2) is 9.78 Å². The summed E-state index contributed by atoms with van der Waals surface area (Å²) < 4.78 is 45.8. The van der Waals surface area contributed by atoms with Crippen LogP contribution in [0.15, 0.2) is 18.5 Å². The number of hydrogen-bond donors (Lipinski definition) is 1. The van der Waals surface area contributed by atoms with Crippen LogP contribution in [0.3, 0.4) is 0 Å². The van der Waals surface area contributed by atoms with Crippen molar-refractivity contribution in [3.63, 3.8) is 0 Å². The minimum Gasteiger partial charge on any atom is -0.444 e. The van der Waals surface area contributed by atoms with E-state index in [1.54, 1.807) is 25.7 Å². The summed E-state index contributed by atoms with van der Waals surface area (Å²) in [5.74, 6) is 0.272. The van der Waals surface area contributed by atoms with Crippen molar-refractivity contribution in [2.45, 2.75) is 58.5 Å². The highest BCUT2D eigenvalue weighted by Gasteiger charge is 2.39. The van der Waals surface area contributed by atoms with E-state index in [9.17, 15) is 18.0 Å². The topological polar surface area (TPSA) is 61.5 Å². The van der Waals surface area contributed by atoms with Gasteiger partial charge in [0.05, 0.1) is 16.5 Å². The molecule has 1 amide bonds. The number of hydrogen-bond acceptors (Lipinski definition) is 4. The van der Waals surface area contributed by atoms with Crippen molar-refractivity contribution in [2.75, 3.05) is 18.0 Å². The number of amides is 1. The van der Waals surface area contributed by atoms with Gasteiger partial charge in [-0.1, -0.05) is 0 Å². The lowest BCUT2D eigenvalue weighted by molar-refractivity contribution is -0.136. The maximum Gasteiger partial charge on any atom is 0.418 e. The maximum absolute atomic E-state index is 13.5. The van der Waals surface area contributed by atoms with Gasteiger partial charge in [0.2, 0.25) is 0 Å². The lowest BCUT2D eigenvalue weighted by Gasteiger charge is -2.44. The zero-order chi connectivity index (χ0) is 20.9. The summed E-state index contributed by atoms with van der Waals surface area (Å²) in [6.45, 7) is 9.79. The van der Waals surface area contributed by atoms with Crippen molar-refractivity contribution in [3.8, 4) is 0 Å². The highest BCUT2D eigenvalue weighted by atomic mass is 19.4. The Kier molecular flexibility index (Phi) is 4.97. The molecular formula is C19H25F3N4O2. The number of carbonyl (C=O) groups excluding carboxylic acids is 1. The SMILES string of the molecule is CC1CN(c2nccc3[nH]cc(C(F)(F)F)c23)C(C)CN1C(=O)OC(C)(C)C. The number of aromatic amines is 1. The first-order valence-corrected chi connectivity index (χ1v) is 9.18. The van der Waals surface area contributed by atoms with Crippen LogP contribution in [0.25, 0.3) is 10.9 Å². The zero-order valence-electron chi connectivity index (χ0n) is 16.6. The van der Waals surface area contributed by atoms with Crippen LogP contribution in [0, 0.1) is 0 Å². The number of ether oxygens (including phenoxy) is 1. The molecule has 0 bridgehead atoms. The van der Waals surface area contributed by atoms with Gasteiger partial charge >= 0.3 is 12.3 Å². The highest BCUT2D eigenvalue weighted by molar-refractivity contribution is 5.94. The lowest BCUT2D eigenvalue weighted by atomic mass is 10.1. The van der Waals surface area contributed by atoms with Crippen LogP contribution in [0.2, 0.25) is 0 Å². The molecule has 28 heavy (non-hydrogen) atoms. The van der Waals surface area contributed by atoms with Crippen molar-refractivity contribution < 1.29 is 22.7 Å². The molecule has 1 fully saturated rings. The number of pyridine rings is 1. The first-order valence-electron chi connectivity index (χ1n) is 9.18. The molecule has 2 aromatic rings. The number of halogens is 3. The van der Waals surface area contributed by atoms with Crippen LogP contribution in [0.4, 0.5) is 23.8 Å². The average Bonchev–Trinajstić information content (AvgIpc) is 2.99. The average molecular weight is 398 g/mol. The predicted molar refractivity (Wildman–Crippen MR) is 100 cm³/mol. The third-order valence-corrected chi connectivity index (χ3v) is 4.76. The molecule has 2 aromatic heterocycles. The van der Waals surface area contributed by atoms with Gasteiger partial charge in [-0.3, -0.25) is 0 Å². The first-order chi connectivity index (χ1) is 12.9. The van der Waals surface area contributed by atoms with Crippen molar-refractivity contribution in [2.24, 2.45) is 0 Å². The summed E-state index contributed by atoms with van der Waals surface area (Å²) >= 11 is 0. The molecule has 1 aliphatic heterocycles. The first kappa shape index (κ1) is 20.3. The molecule has 2 atom stereocenters. The second kappa shape index (κ2) is 6.86. The Morgan fingerprint density at radius 2 is 1.89 bits per heavy atom. The monoisotopic (exact) mass is 398 g/mol. The molecule has 154 valence electrons. The minimum absolute atomic E-state index is 0.0553. The van der Waals surface area contributed by atoms with Gasteiger partial charge in [0, 0.05) is 37.6 Å². The van der Waals surface area contributed by atoms with E-state index in [0.717, 1.165) is 6.20 Å². The van der Waals surface area contributed by atoms with E-state index in [0.29, 0.717) is 18.6 Å². The fraction of sp³-hybridized carbons (Fsp3) is 0.579. The molecule has 1 aliphatic rings. The van der Waals surface area contributed by atoms with Crippen LogP contribution in [0.5, 0.6) is 0 Å². The van der Waals surface area contributed by atoms with Crippen molar-refractivity contribution in [1.29, 1.82) is 0 Å². The third-order valence-electron chi connectivity index (χ3n) is 4.76. The molecule has 1 N–H and O–H groups in total. The lowest BCUT2D eigenvalue weighted by Crippen LogP contribution is -2.59. The largest absolute Gasteiger partial charge is 0.444 e. The number of piperazine rings is 1. The van der Waals surface area contributed by atoms with Crippen LogP contribution in [-0.2, 0) is 10.9 Å². The quantitative estimate of drug-likeness (QED) is 0.773. The van der Waals surface area contributed by atoms with Gasteiger partial charge in [0.15, 0.2) is 0 Å². The fourth-order valence-electron chi connectivity index (χ4n) is 3.50. The van der Waals surface area contributed by atoms with Crippen molar-refractivity contribution >= 4 is 22.8 Å². The molecule has 3 heterocycles. The standard InChI is InChI=1S/C19H25F3N4O2/c1-11-10-26(17(27)28-18(3,4)5)12(2)9-25(11)16-15-13(19(20,21)22)8-24-14(15)6-7-23-16/h6-8,11-12,24H,9-10H2,1-5H3. The van der Waals surface area contributed by atoms with Crippen LogP contribution < -0.4 is 4.90 Å². The molecular weight excluding hydrogens is 373 g/mol. The minimum atomic E-state index is -4.48. The molecule has 6 nitrogen and oxygen atoms in total. The van der Waals surface area contributed by atoms with Crippen molar-refractivity contribution in [3.05, 3.63) is 24.0 Å². The van der Waals surface area contributed by atoms with E-state index in [4.69, 9.17) is 4.74 Å². The van der Waals surface area contributed by atoms with E-state index in [1.807, 2.05) is 18.7 Å². The van der Waals surface area contributed by atoms with Gasteiger partial charge in [-0.05, 0) is 40.7 Å². The summed E-state index contributed by atoms with van der Waals surface area (Å²) in [6, 6.07) is 1.06. The van der Waals surface area contributed by atoms with Gasteiger partial charge in [-0.15, -0.1) is 0 Å². The summed E-state index contributed by atoms with van der Waals surface area (Å²) in [5.41, 5.74) is -0.969. The third kappa shape index (κ3) is 3.88. The van der Waals surface area contributed by atoms with Gasteiger partial charge in [-0.2, -0.15) is 13.2 Å². The smallest absolute Gasteiger partial charge is 0.418 e. The summed E-state index contributed by atoms with van der Waals surface area (Å²) in [7, 11) is 0. The Morgan fingerprint density at radius 3 is 2.50 bits per heavy atom. The number of alkyl halides is 3. The van der Waals surface area contributed by atoms with Crippen LogP contribution in [0.1, 0.15) is 40.2 Å². The molecule has 1 saturated heterocycles. The molecule has 0 radical (unpaired) electrons. The number of fused-ring (bicyclic) bond motifs is 1. The Balaban J connectivity index is 1.92. The highest BCUT2D eigenvalue weighted by Crippen LogP contribution is 2.39. The van der Waals surface area contributed by atoms with E-state index < -0.39 is 23.4 Å². The predicted octanol–water partition coefficient (Wildman–Crippen LogP) is 4.42. The number of nitrogens with zero attached hydrogens (tertiary/aromatic N) is 3. The number of nitrogens with one attached hydrogen (secondary N) is 1. The van der Waals surface area contributed by atoms with Crippen LogP contribution in [-0.4, -0.2) is 51.7 Å². The molecule has 0 saturated carbocycles. The Labute approximate surface area is 161 Å². The molecule has 0 aromatic carbocycles. The van der Waals surface area contributed by atoms with Crippen LogP contribution >= 0.6 is 0 Å². The second-order valence-electron chi connectivity index (χ2n) is 8.24. The number of carbonyl (C=O) groups is 1. The Bertz CT molecular complexity index is 872. The molecule has 0 aliphatic carbocycles. The molecule has 9 heteroatoms. The molecule has 0 spiro atoms. The number of H-pyrrole nitrogens is 1. The van der Waals surface area contributed by atoms with E-state index >= 15 is 0 Å². The Morgan fingerprint density at radius 1 is 1.21 bits per heavy atom. The van der Waals surface area contributed by atoms with Gasteiger partial charge in [0.1, 0.15) is 11.4 Å². The van der Waals surface area contributed by atoms with Gasteiger partial charge < -0.3 is 19.5 Å². The summed E-state index contributed by atoms with van der Waals surface area (Å²) in [6.07, 6.45) is -2.44. The number of anilines is 1. The second-order valence-corrected chi connectivity index (χ2v) is 8.24. The fourth-order valence-corrected chi connectivity index (χ4v) is 3.50. The summed E-state index contributed by atoms with van der Waals surface area (Å²) in [5, 5.41) is 0.0553. The number of rotatable bonds is 1. The van der Waals surface area contributed by atoms with E-state index in [1.165, 1.54) is 12.3 Å². The molecule has 3 rings (SSSR count).